The van der Waals surface area contributed by atoms with E-state index in [9.17, 15) is 0 Å². The number of hydrogen-bond acceptors (Lipinski definition) is 2. The lowest BCUT2D eigenvalue weighted by Gasteiger charge is -2.25. The molecule has 2 aromatic heterocycles. The Morgan fingerprint density at radius 2 is 0.852 bits per heavy atom. The quantitative estimate of drug-likeness (QED) is 0.161. The van der Waals surface area contributed by atoms with Crippen LogP contribution in [0.1, 0.15) is 0 Å². The van der Waals surface area contributed by atoms with Crippen LogP contribution in [0.25, 0.3) is 93.6 Å². The smallest absolute Gasteiger partial charge is 0.137 e. The second kappa shape index (κ2) is 14.3. The van der Waals surface area contributed by atoms with Crippen molar-refractivity contribution in [2.45, 2.75) is 0 Å². The molecule has 0 amide bonds. The van der Waals surface area contributed by atoms with Gasteiger partial charge in [0.15, 0.2) is 0 Å². The number of benzene rings is 10. The zero-order chi connectivity index (χ0) is 40.3. The van der Waals surface area contributed by atoms with Gasteiger partial charge in [-0.05, 0) is 111 Å². The van der Waals surface area contributed by atoms with E-state index in [-0.39, 0.29) is 0 Å². The van der Waals surface area contributed by atoms with Gasteiger partial charge in [0, 0.05) is 50.4 Å². The van der Waals surface area contributed by atoms with E-state index in [1.54, 1.807) is 0 Å². The van der Waals surface area contributed by atoms with Crippen molar-refractivity contribution in [3.8, 4) is 39.1 Å². The molecule has 0 radical (unpaired) electrons. The van der Waals surface area contributed by atoms with Crippen LogP contribution < -0.4 is 4.90 Å². The molecule has 0 aliphatic heterocycles. The molecule has 0 saturated heterocycles. The van der Waals surface area contributed by atoms with E-state index < -0.39 is 0 Å². The third-order valence-electron chi connectivity index (χ3n) is 12.2. The molecular formula is C58H38N2O. The molecule has 61 heavy (non-hydrogen) atoms. The first kappa shape index (κ1) is 34.9. The fraction of sp³-hybridized carbons (Fsp3) is 0. The fourth-order valence-electron chi connectivity index (χ4n) is 9.32. The maximum atomic E-state index is 6.71. The van der Waals surface area contributed by atoms with Crippen molar-refractivity contribution in [2.75, 3.05) is 4.90 Å². The SMILES string of the molecule is c1ccc(-c2ccc(-c3ccc(N(c4ccccc4)c4ccc5c(c4)oc4ccc6c(-c7ccc8c9ccccc9n(-c9ccccc9)c8c7)cccc6c45)cc3)cc2)cc1. The average Bonchev–Trinajstić information content (AvgIpc) is 3.88. The van der Waals surface area contributed by atoms with Gasteiger partial charge in [-0.2, -0.15) is 0 Å². The zero-order valence-corrected chi connectivity index (χ0v) is 33.2. The van der Waals surface area contributed by atoms with Gasteiger partial charge in [0.05, 0.1) is 11.0 Å². The molecule has 0 aliphatic carbocycles. The van der Waals surface area contributed by atoms with Crippen molar-refractivity contribution in [1.29, 1.82) is 0 Å². The molecule has 0 spiro atoms. The molecule has 0 unspecified atom stereocenters. The normalized spacial score (nSPS) is 11.6. The van der Waals surface area contributed by atoms with Crippen molar-refractivity contribution in [3.63, 3.8) is 0 Å². The highest BCUT2D eigenvalue weighted by Crippen LogP contribution is 2.43. The molecule has 286 valence electrons. The maximum Gasteiger partial charge on any atom is 0.137 e. The largest absolute Gasteiger partial charge is 0.456 e. The highest BCUT2D eigenvalue weighted by atomic mass is 16.3. The first-order valence-electron chi connectivity index (χ1n) is 20.8. The Bertz CT molecular complexity index is 3550. The summed E-state index contributed by atoms with van der Waals surface area (Å²) in [5.74, 6) is 0. The monoisotopic (exact) mass is 778 g/mol. The van der Waals surface area contributed by atoms with E-state index in [0.717, 1.165) is 44.7 Å². The number of furan rings is 1. The summed E-state index contributed by atoms with van der Waals surface area (Å²) in [6.45, 7) is 0. The Labute approximate surface area is 353 Å². The molecule has 0 saturated carbocycles. The number of rotatable bonds is 7. The summed E-state index contributed by atoms with van der Waals surface area (Å²) in [5.41, 5.74) is 15.7. The van der Waals surface area contributed by atoms with Gasteiger partial charge < -0.3 is 13.9 Å². The Morgan fingerprint density at radius 1 is 0.311 bits per heavy atom. The lowest BCUT2D eigenvalue weighted by molar-refractivity contribution is 0.669. The van der Waals surface area contributed by atoms with E-state index in [1.165, 1.54) is 66.0 Å². The van der Waals surface area contributed by atoms with Gasteiger partial charge in [-0.3, -0.25) is 0 Å². The minimum absolute atomic E-state index is 0.857. The van der Waals surface area contributed by atoms with Gasteiger partial charge in [0.2, 0.25) is 0 Å². The lowest BCUT2D eigenvalue weighted by Crippen LogP contribution is -2.09. The topological polar surface area (TPSA) is 21.3 Å². The van der Waals surface area contributed by atoms with Crippen LogP contribution in [0.2, 0.25) is 0 Å². The molecule has 0 atom stereocenters. The summed E-state index contributed by atoms with van der Waals surface area (Å²) in [6, 6.07) is 82.7. The third-order valence-corrected chi connectivity index (χ3v) is 12.2. The van der Waals surface area contributed by atoms with Crippen LogP contribution in [-0.2, 0) is 0 Å². The van der Waals surface area contributed by atoms with Gasteiger partial charge in [0.25, 0.3) is 0 Å². The van der Waals surface area contributed by atoms with Gasteiger partial charge in [-0.15, -0.1) is 0 Å². The molecule has 0 bridgehead atoms. The summed E-state index contributed by atoms with van der Waals surface area (Å²) in [7, 11) is 0. The molecular weight excluding hydrogens is 741 g/mol. The van der Waals surface area contributed by atoms with Crippen molar-refractivity contribution in [1.82, 2.24) is 4.57 Å². The second-order valence-electron chi connectivity index (χ2n) is 15.7. The standard InChI is InChI=1S/C58H38N2O/c1-4-13-39(14-5-1)40-23-25-41(26-24-40)42-27-30-46(31-28-42)59(44-15-6-2-7-16-44)47-32-34-53-57(38-47)61-56-36-35-49-48(20-12-21-52(49)58(53)56)43-29-33-51-50-19-10-11-22-54(50)60(55(51)37-43)45-17-8-3-9-18-45/h1-38H. The Morgan fingerprint density at radius 3 is 1.61 bits per heavy atom. The Kier molecular flexibility index (Phi) is 8.17. The second-order valence-corrected chi connectivity index (χ2v) is 15.7. The van der Waals surface area contributed by atoms with Crippen LogP contribution >= 0.6 is 0 Å². The predicted octanol–water partition coefficient (Wildman–Crippen LogP) is 16.3. The van der Waals surface area contributed by atoms with E-state index in [0.29, 0.717) is 0 Å². The van der Waals surface area contributed by atoms with Crippen molar-refractivity contribution >= 4 is 71.6 Å². The lowest BCUT2D eigenvalue weighted by atomic mass is 9.95. The predicted molar refractivity (Wildman–Crippen MR) is 257 cm³/mol. The summed E-state index contributed by atoms with van der Waals surface area (Å²) in [6.07, 6.45) is 0. The molecule has 0 fully saturated rings. The van der Waals surface area contributed by atoms with Crippen molar-refractivity contribution in [2.24, 2.45) is 0 Å². The molecule has 3 nitrogen and oxygen atoms in total. The fourth-order valence-corrected chi connectivity index (χ4v) is 9.32. The van der Waals surface area contributed by atoms with Crippen LogP contribution in [0.5, 0.6) is 0 Å². The number of fused-ring (bicyclic) bond motifs is 8. The van der Waals surface area contributed by atoms with Gasteiger partial charge >= 0.3 is 0 Å². The van der Waals surface area contributed by atoms with Crippen LogP contribution in [0.15, 0.2) is 235 Å². The van der Waals surface area contributed by atoms with Crippen LogP contribution in [0, 0.1) is 0 Å². The molecule has 0 aliphatic rings. The molecule has 12 rings (SSSR count). The van der Waals surface area contributed by atoms with Gasteiger partial charge in [-0.25, -0.2) is 0 Å². The maximum absolute atomic E-state index is 6.71. The van der Waals surface area contributed by atoms with Crippen LogP contribution in [0.4, 0.5) is 17.1 Å². The first-order valence-corrected chi connectivity index (χ1v) is 20.8. The zero-order valence-electron chi connectivity index (χ0n) is 33.2. The minimum Gasteiger partial charge on any atom is -0.456 e. The molecule has 12 aromatic rings. The summed E-state index contributed by atoms with van der Waals surface area (Å²) in [5, 5.41) is 7.11. The van der Waals surface area contributed by atoms with Gasteiger partial charge in [0.1, 0.15) is 11.2 Å². The molecule has 0 N–H and O–H groups in total. The summed E-state index contributed by atoms with van der Waals surface area (Å²) >= 11 is 0. The van der Waals surface area contributed by atoms with Crippen LogP contribution in [-0.4, -0.2) is 4.57 Å². The van der Waals surface area contributed by atoms with E-state index in [2.05, 4.69) is 240 Å². The Balaban J connectivity index is 0.937. The third kappa shape index (κ3) is 5.90. The summed E-state index contributed by atoms with van der Waals surface area (Å²) in [4.78, 5) is 2.30. The number of aromatic nitrogens is 1. The Hall–Kier alpha value is -8.14. The number of hydrogen-bond donors (Lipinski definition) is 0. The number of anilines is 3. The highest BCUT2D eigenvalue weighted by molar-refractivity contribution is 6.21. The van der Waals surface area contributed by atoms with E-state index >= 15 is 0 Å². The van der Waals surface area contributed by atoms with Crippen molar-refractivity contribution in [3.05, 3.63) is 231 Å². The first-order chi connectivity index (χ1) is 30.2. The van der Waals surface area contributed by atoms with Crippen LogP contribution in [0.3, 0.4) is 0 Å². The van der Waals surface area contributed by atoms with Crippen molar-refractivity contribution < 1.29 is 4.42 Å². The number of para-hydroxylation sites is 3. The minimum atomic E-state index is 0.857. The number of nitrogens with zero attached hydrogens (tertiary/aromatic N) is 2. The average molecular weight is 779 g/mol. The molecule has 2 heterocycles. The van der Waals surface area contributed by atoms with E-state index in [1.807, 2.05) is 0 Å². The summed E-state index contributed by atoms with van der Waals surface area (Å²) < 4.78 is 9.10. The molecule has 3 heteroatoms. The van der Waals surface area contributed by atoms with Gasteiger partial charge in [-0.1, -0.05) is 158 Å². The van der Waals surface area contributed by atoms with E-state index in [4.69, 9.17) is 4.42 Å². The highest BCUT2D eigenvalue weighted by Gasteiger charge is 2.19. The molecule has 10 aromatic carbocycles.